The third kappa shape index (κ3) is 4.79. The first-order valence-electron chi connectivity index (χ1n) is 9.96. The fourth-order valence-corrected chi connectivity index (χ4v) is 4.37. The van der Waals surface area contributed by atoms with Crippen LogP contribution in [0.2, 0.25) is 5.02 Å². The molecule has 1 N–H and O–H groups in total. The Balaban J connectivity index is 1.71. The molecule has 166 valence electrons. The summed E-state index contributed by atoms with van der Waals surface area (Å²) in [6, 6.07) is 20.7. The van der Waals surface area contributed by atoms with Crippen LogP contribution in [0.5, 0.6) is 0 Å². The van der Waals surface area contributed by atoms with Crippen molar-refractivity contribution in [2.75, 3.05) is 17.3 Å². The standard InChI is InChI=1S/C25H19ClN2O4S/c1-15-6-12-20(13-7-15)33-22-21(27-18-5-3-4-17(26)14-18)23(29)28(24(22)30)19-10-8-16(9-11-19)25(31)32-2/h3-14,27H,1-2H3. The minimum absolute atomic E-state index is 0.157. The summed E-state index contributed by atoms with van der Waals surface area (Å²) < 4.78 is 4.71. The summed E-state index contributed by atoms with van der Waals surface area (Å²) in [5.74, 6) is -1.46. The zero-order valence-electron chi connectivity index (χ0n) is 17.8. The molecule has 0 saturated heterocycles. The van der Waals surface area contributed by atoms with Gasteiger partial charge in [0.1, 0.15) is 10.6 Å². The molecule has 0 fully saturated rings. The summed E-state index contributed by atoms with van der Waals surface area (Å²) >= 11 is 7.30. The first-order valence-corrected chi connectivity index (χ1v) is 11.2. The van der Waals surface area contributed by atoms with Crippen molar-refractivity contribution in [3.05, 3.63) is 99.5 Å². The predicted octanol–water partition coefficient (Wildman–Crippen LogP) is 5.42. The molecule has 1 aliphatic heterocycles. The van der Waals surface area contributed by atoms with Gasteiger partial charge in [-0.3, -0.25) is 9.59 Å². The van der Waals surface area contributed by atoms with Crippen LogP contribution in [-0.2, 0) is 14.3 Å². The lowest BCUT2D eigenvalue weighted by Crippen LogP contribution is -2.32. The second kappa shape index (κ2) is 9.52. The van der Waals surface area contributed by atoms with Crippen LogP contribution in [0.25, 0.3) is 0 Å². The molecular formula is C25H19ClN2O4S. The number of nitrogens with one attached hydrogen (secondary N) is 1. The quantitative estimate of drug-likeness (QED) is 0.376. The number of hydrogen-bond acceptors (Lipinski definition) is 6. The molecule has 3 aromatic carbocycles. The van der Waals surface area contributed by atoms with E-state index in [0.717, 1.165) is 15.4 Å². The van der Waals surface area contributed by atoms with Crippen LogP contribution in [0, 0.1) is 6.92 Å². The highest BCUT2D eigenvalue weighted by Gasteiger charge is 2.40. The summed E-state index contributed by atoms with van der Waals surface area (Å²) in [4.78, 5) is 40.7. The van der Waals surface area contributed by atoms with E-state index in [2.05, 4.69) is 5.32 Å². The predicted molar refractivity (Wildman–Crippen MR) is 129 cm³/mol. The Bertz CT molecular complexity index is 1270. The topological polar surface area (TPSA) is 75.7 Å². The molecule has 6 nitrogen and oxygen atoms in total. The van der Waals surface area contributed by atoms with Gasteiger partial charge in [0.15, 0.2) is 0 Å². The summed E-state index contributed by atoms with van der Waals surface area (Å²) in [6.07, 6.45) is 0. The zero-order chi connectivity index (χ0) is 23.5. The number of hydrogen-bond donors (Lipinski definition) is 1. The van der Waals surface area contributed by atoms with E-state index < -0.39 is 17.8 Å². The summed E-state index contributed by atoms with van der Waals surface area (Å²) in [6.45, 7) is 1.98. The molecular weight excluding hydrogens is 460 g/mol. The minimum Gasteiger partial charge on any atom is -0.465 e. The lowest BCUT2D eigenvalue weighted by atomic mass is 10.2. The molecule has 0 unspecified atom stereocenters. The molecule has 33 heavy (non-hydrogen) atoms. The summed E-state index contributed by atoms with van der Waals surface area (Å²) in [5, 5.41) is 3.57. The molecule has 0 spiro atoms. The second-order valence-electron chi connectivity index (χ2n) is 7.24. The first kappa shape index (κ1) is 22.6. The van der Waals surface area contributed by atoms with Gasteiger partial charge < -0.3 is 10.1 Å². The monoisotopic (exact) mass is 478 g/mol. The van der Waals surface area contributed by atoms with Gasteiger partial charge in [-0.2, -0.15) is 0 Å². The highest BCUT2D eigenvalue weighted by Crippen LogP contribution is 2.38. The number of carbonyl (C=O) groups is 3. The van der Waals surface area contributed by atoms with E-state index in [-0.39, 0.29) is 10.6 Å². The average molecular weight is 479 g/mol. The normalized spacial score (nSPS) is 13.5. The number of carbonyl (C=O) groups excluding carboxylic acids is 3. The number of nitrogens with zero attached hydrogens (tertiary/aromatic N) is 1. The molecule has 1 heterocycles. The van der Waals surface area contributed by atoms with Crippen LogP contribution in [-0.4, -0.2) is 24.9 Å². The van der Waals surface area contributed by atoms with Crippen molar-refractivity contribution in [2.45, 2.75) is 11.8 Å². The van der Waals surface area contributed by atoms with Crippen molar-refractivity contribution in [2.24, 2.45) is 0 Å². The van der Waals surface area contributed by atoms with Gasteiger partial charge in [0.05, 0.1) is 18.4 Å². The smallest absolute Gasteiger partial charge is 0.337 e. The van der Waals surface area contributed by atoms with E-state index >= 15 is 0 Å². The number of esters is 1. The SMILES string of the molecule is COC(=O)c1ccc(N2C(=O)C(Nc3cccc(Cl)c3)=C(Sc3ccc(C)cc3)C2=O)cc1. The van der Waals surface area contributed by atoms with E-state index in [4.69, 9.17) is 16.3 Å². The van der Waals surface area contributed by atoms with Crippen molar-refractivity contribution in [3.63, 3.8) is 0 Å². The molecule has 0 atom stereocenters. The average Bonchev–Trinajstić information content (AvgIpc) is 3.04. The van der Waals surface area contributed by atoms with Gasteiger partial charge in [0.2, 0.25) is 0 Å². The Hall–Kier alpha value is -3.55. The van der Waals surface area contributed by atoms with Crippen LogP contribution in [0.1, 0.15) is 15.9 Å². The van der Waals surface area contributed by atoms with Crippen molar-refractivity contribution < 1.29 is 19.1 Å². The van der Waals surface area contributed by atoms with Crippen LogP contribution in [0.4, 0.5) is 11.4 Å². The Morgan fingerprint density at radius 2 is 1.67 bits per heavy atom. The third-order valence-corrected chi connectivity index (χ3v) is 6.25. The maximum Gasteiger partial charge on any atom is 0.337 e. The number of thioether (sulfide) groups is 1. The molecule has 0 aromatic heterocycles. The molecule has 0 aliphatic carbocycles. The number of amides is 2. The Morgan fingerprint density at radius 1 is 0.970 bits per heavy atom. The highest BCUT2D eigenvalue weighted by molar-refractivity contribution is 8.04. The lowest BCUT2D eigenvalue weighted by molar-refractivity contribution is -0.120. The Kier molecular flexibility index (Phi) is 6.53. The van der Waals surface area contributed by atoms with Gasteiger partial charge in [-0.05, 0) is 61.5 Å². The summed E-state index contributed by atoms with van der Waals surface area (Å²) in [7, 11) is 1.29. The first-order chi connectivity index (χ1) is 15.9. The van der Waals surface area contributed by atoms with Gasteiger partial charge in [-0.1, -0.05) is 47.1 Å². The number of rotatable bonds is 6. The maximum absolute atomic E-state index is 13.4. The molecule has 0 bridgehead atoms. The van der Waals surface area contributed by atoms with Gasteiger partial charge in [-0.15, -0.1) is 0 Å². The molecule has 8 heteroatoms. The van der Waals surface area contributed by atoms with Crippen LogP contribution >= 0.6 is 23.4 Å². The van der Waals surface area contributed by atoms with E-state index in [0.29, 0.717) is 22.0 Å². The fourth-order valence-electron chi connectivity index (χ4n) is 3.25. The Labute approximate surface area is 200 Å². The molecule has 3 aromatic rings. The zero-order valence-corrected chi connectivity index (χ0v) is 19.4. The van der Waals surface area contributed by atoms with E-state index in [1.54, 1.807) is 36.4 Å². The third-order valence-electron chi connectivity index (χ3n) is 4.92. The van der Waals surface area contributed by atoms with Gasteiger partial charge in [0.25, 0.3) is 11.8 Å². The van der Waals surface area contributed by atoms with Crippen molar-refractivity contribution >= 4 is 52.5 Å². The van der Waals surface area contributed by atoms with E-state index in [9.17, 15) is 14.4 Å². The van der Waals surface area contributed by atoms with Gasteiger partial charge in [0, 0.05) is 15.6 Å². The van der Waals surface area contributed by atoms with Crippen LogP contribution in [0.15, 0.2) is 88.3 Å². The van der Waals surface area contributed by atoms with Crippen LogP contribution < -0.4 is 10.2 Å². The molecule has 1 aliphatic rings. The number of ether oxygens (including phenoxy) is 1. The number of halogens is 1. The lowest BCUT2D eigenvalue weighted by Gasteiger charge is -2.15. The van der Waals surface area contributed by atoms with Crippen molar-refractivity contribution in [1.82, 2.24) is 0 Å². The van der Waals surface area contributed by atoms with E-state index in [1.165, 1.54) is 31.0 Å². The molecule has 0 radical (unpaired) electrons. The number of anilines is 2. The van der Waals surface area contributed by atoms with Gasteiger partial charge >= 0.3 is 5.97 Å². The van der Waals surface area contributed by atoms with E-state index in [1.807, 2.05) is 31.2 Å². The summed E-state index contributed by atoms with van der Waals surface area (Å²) in [5.41, 5.74) is 2.50. The number of benzene rings is 3. The number of methoxy groups -OCH3 is 1. The second-order valence-corrected chi connectivity index (χ2v) is 8.76. The molecule has 4 rings (SSSR count). The minimum atomic E-state index is -0.502. The van der Waals surface area contributed by atoms with Crippen molar-refractivity contribution in [1.29, 1.82) is 0 Å². The van der Waals surface area contributed by atoms with Crippen LogP contribution in [0.3, 0.4) is 0 Å². The van der Waals surface area contributed by atoms with Gasteiger partial charge in [-0.25, -0.2) is 9.69 Å². The largest absolute Gasteiger partial charge is 0.465 e. The fraction of sp³-hybridized carbons (Fsp3) is 0.0800. The number of aryl methyl sites for hydroxylation is 1. The Morgan fingerprint density at radius 3 is 2.30 bits per heavy atom. The van der Waals surface area contributed by atoms with Crippen molar-refractivity contribution in [3.8, 4) is 0 Å². The molecule has 0 saturated carbocycles. The highest BCUT2D eigenvalue weighted by atomic mass is 35.5. The maximum atomic E-state index is 13.4. The number of imide groups is 1. The molecule has 2 amide bonds.